The van der Waals surface area contributed by atoms with E-state index in [2.05, 4.69) is 89.0 Å². The first-order chi connectivity index (χ1) is 11.7. The molecule has 0 unspecified atom stereocenters. The third-order valence-electron chi connectivity index (χ3n) is 7.68. The first kappa shape index (κ1) is 28.5. The van der Waals surface area contributed by atoms with Crippen molar-refractivity contribution in [3.8, 4) is 0 Å². The fourth-order valence-corrected chi connectivity index (χ4v) is 18.0. The molecule has 0 nitrogen and oxygen atoms in total. The summed E-state index contributed by atoms with van der Waals surface area (Å²) in [5.41, 5.74) is 7.08. The average Bonchev–Trinajstić information content (AvgIpc) is 3.10. The Morgan fingerprint density at radius 1 is 0.750 bits per heavy atom. The van der Waals surface area contributed by atoms with Gasteiger partial charge in [-0.15, -0.1) is 24.8 Å². The largest absolute Gasteiger partial charge is 0.147 e. The predicted octanol–water partition coefficient (Wildman–Crippen LogP) is 8.24. The SMILES string of the molecule is C[CH2][Ti](=[SiH2])([CH2]C)([C]1=C(C)C=C(C(C)(C)C)C1)[C]1=C(C)C=C(C(C)(C)C)C1.Cl.Cl. The van der Waals surface area contributed by atoms with Crippen molar-refractivity contribution in [3.63, 3.8) is 0 Å². The van der Waals surface area contributed by atoms with Gasteiger partial charge in [0.2, 0.25) is 0 Å². The van der Waals surface area contributed by atoms with Crippen molar-refractivity contribution in [1.29, 1.82) is 0 Å². The molecule has 28 heavy (non-hydrogen) atoms. The van der Waals surface area contributed by atoms with Gasteiger partial charge in [-0.2, -0.15) is 0 Å². The summed E-state index contributed by atoms with van der Waals surface area (Å²) < 4.78 is 6.52. The Kier molecular flexibility index (Phi) is 9.06. The fraction of sp³-hybridized carbons (Fsp3) is 0.667. The molecular formula is C24H44Cl2SiTi. The van der Waals surface area contributed by atoms with Crippen LogP contribution < -0.4 is 0 Å². The molecule has 4 heteroatoms. The summed E-state index contributed by atoms with van der Waals surface area (Å²) >= 11 is -2.93. The van der Waals surface area contributed by atoms with Crippen LogP contribution in [-0.4, -0.2) is 7.63 Å². The molecule has 0 saturated carbocycles. The Labute approximate surface area is 190 Å². The Balaban J connectivity index is 0.00000364. The standard InChI is InChI=1S/2C10H15.2C2H5.2ClH.H2Si.Ti/c2*1-8-5-6-9(7-8)10(2,3)4;2*1-2;;;;/h2*7H,6H2,1-4H3;2*1H2,2H3;2*1H;1H2;. The normalized spacial score (nSPS) is 18.7. The van der Waals surface area contributed by atoms with Crippen molar-refractivity contribution >= 4 is 32.4 Å². The van der Waals surface area contributed by atoms with E-state index in [0.29, 0.717) is 0 Å². The van der Waals surface area contributed by atoms with E-state index >= 15 is 0 Å². The van der Waals surface area contributed by atoms with Gasteiger partial charge in [-0.3, -0.25) is 0 Å². The van der Waals surface area contributed by atoms with Gasteiger partial charge in [-0.05, 0) is 0 Å². The number of hydrogen-bond donors (Lipinski definition) is 0. The first-order valence-corrected chi connectivity index (χ1v) is 18.3. The van der Waals surface area contributed by atoms with E-state index < -0.39 is 14.0 Å². The molecule has 2 rings (SSSR count). The molecule has 0 aromatic heterocycles. The molecule has 2 aliphatic carbocycles. The third kappa shape index (κ3) is 4.70. The van der Waals surface area contributed by atoms with Crippen LogP contribution in [0.3, 0.4) is 0 Å². The van der Waals surface area contributed by atoms with Crippen LogP contribution in [0, 0.1) is 10.8 Å². The minimum absolute atomic E-state index is 0. The van der Waals surface area contributed by atoms with Crippen molar-refractivity contribution in [1.82, 2.24) is 0 Å². The maximum atomic E-state index is 2.54. The summed E-state index contributed by atoms with van der Waals surface area (Å²) in [5.74, 6) is 0. The van der Waals surface area contributed by atoms with E-state index in [9.17, 15) is 0 Å². The first-order valence-electron chi connectivity index (χ1n) is 10.5. The van der Waals surface area contributed by atoms with Gasteiger partial charge < -0.3 is 0 Å². The van der Waals surface area contributed by atoms with Crippen LogP contribution in [0.2, 0.25) is 9.45 Å². The third-order valence-corrected chi connectivity index (χ3v) is 27.4. The van der Waals surface area contributed by atoms with Crippen molar-refractivity contribution in [2.75, 3.05) is 0 Å². The van der Waals surface area contributed by atoms with Crippen LogP contribution in [0.1, 0.15) is 82.1 Å². The maximum Gasteiger partial charge on any atom is -0.147 e. The molecule has 0 aromatic rings. The second-order valence-electron chi connectivity index (χ2n) is 11.2. The molecule has 0 aromatic carbocycles. The molecule has 162 valence electrons. The molecule has 0 saturated heterocycles. The quantitative estimate of drug-likeness (QED) is 0.356. The maximum absolute atomic E-state index is 2.93. The van der Waals surface area contributed by atoms with E-state index in [-0.39, 0.29) is 35.6 Å². The monoisotopic (exact) mass is 478 g/mol. The minimum atomic E-state index is -2.93. The van der Waals surface area contributed by atoms with E-state index in [1.54, 1.807) is 22.3 Å². The van der Waals surface area contributed by atoms with Crippen LogP contribution in [0.4, 0.5) is 0 Å². The summed E-state index contributed by atoms with van der Waals surface area (Å²) in [6.07, 6.45) is 7.56. The van der Waals surface area contributed by atoms with Gasteiger partial charge in [0.1, 0.15) is 0 Å². The predicted molar refractivity (Wildman–Crippen MR) is 134 cm³/mol. The number of hydrogen-bond acceptors (Lipinski definition) is 0. The Morgan fingerprint density at radius 2 is 1.04 bits per heavy atom. The molecule has 0 bridgehead atoms. The van der Waals surface area contributed by atoms with E-state index in [1.807, 2.05) is 7.76 Å². The van der Waals surface area contributed by atoms with Gasteiger partial charge in [-0.25, -0.2) is 0 Å². The summed E-state index contributed by atoms with van der Waals surface area (Å²) in [6, 6.07) is 0. The molecule has 0 heterocycles. The molecular weight excluding hydrogens is 435 g/mol. The number of halogens is 2. The van der Waals surface area contributed by atoms with E-state index in [4.69, 9.17) is 0 Å². The molecule has 0 amide bonds. The summed E-state index contributed by atoms with van der Waals surface area (Å²) in [4.78, 5) is 0. The van der Waals surface area contributed by atoms with Crippen LogP contribution >= 0.6 is 24.8 Å². The zero-order valence-electron chi connectivity index (χ0n) is 20.0. The molecule has 0 aliphatic heterocycles. The smallest absolute Gasteiger partial charge is 0.147 e. The topological polar surface area (TPSA) is 0 Å². The van der Waals surface area contributed by atoms with E-state index in [1.165, 1.54) is 22.3 Å². The summed E-state index contributed by atoms with van der Waals surface area (Å²) in [7, 11) is 2.48. The molecule has 2 aliphatic rings. The Morgan fingerprint density at radius 3 is 1.21 bits per heavy atom. The van der Waals surface area contributed by atoms with Gasteiger partial charge >= 0.3 is 166 Å². The Hall–Kier alpha value is 0.471. The van der Waals surface area contributed by atoms with Crippen LogP contribution in [-0.2, 0) is 14.0 Å². The van der Waals surface area contributed by atoms with Crippen LogP contribution in [0.25, 0.3) is 0 Å². The van der Waals surface area contributed by atoms with Crippen molar-refractivity contribution in [2.24, 2.45) is 10.8 Å². The van der Waals surface area contributed by atoms with E-state index in [0.717, 1.165) is 0 Å². The van der Waals surface area contributed by atoms with Gasteiger partial charge in [0.15, 0.2) is 0 Å². The van der Waals surface area contributed by atoms with Gasteiger partial charge in [0.05, 0.1) is 0 Å². The number of allylic oxidation sites excluding steroid dienone is 8. The molecule has 0 fully saturated rings. The molecule has 0 N–H and O–H groups in total. The van der Waals surface area contributed by atoms with Crippen LogP contribution in [0.15, 0.2) is 42.2 Å². The average molecular weight is 479 g/mol. The van der Waals surface area contributed by atoms with Crippen molar-refractivity contribution in [3.05, 3.63) is 42.2 Å². The Bertz CT molecular complexity index is 741. The second-order valence-corrected chi connectivity index (χ2v) is 28.3. The van der Waals surface area contributed by atoms with Gasteiger partial charge in [0.25, 0.3) is 0 Å². The second kappa shape index (κ2) is 8.91. The number of rotatable bonds is 4. The van der Waals surface area contributed by atoms with Gasteiger partial charge in [0, 0.05) is 0 Å². The molecule has 0 atom stereocenters. The minimum Gasteiger partial charge on any atom is -0.147 e. The molecule has 0 radical (unpaired) electrons. The summed E-state index contributed by atoms with van der Waals surface area (Å²) in [6.45, 7) is 24.1. The van der Waals surface area contributed by atoms with Gasteiger partial charge in [-0.1, -0.05) is 0 Å². The molecule has 0 spiro atoms. The van der Waals surface area contributed by atoms with Crippen molar-refractivity contribution in [2.45, 2.75) is 91.5 Å². The van der Waals surface area contributed by atoms with Crippen molar-refractivity contribution < 1.29 is 14.0 Å². The zero-order valence-corrected chi connectivity index (χ0v) is 24.6. The zero-order chi connectivity index (χ0) is 20.2. The summed E-state index contributed by atoms with van der Waals surface area (Å²) in [5, 5.41) is 0. The fourth-order valence-electron chi connectivity index (χ4n) is 5.20. The van der Waals surface area contributed by atoms with Crippen LogP contribution in [0.5, 0.6) is 0 Å².